The van der Waals surface area contributed by atoms with Crippen LogP contribution in [-0.2, 0) is 0 Å². The molecule has 0 aliphatic heterocycles. The standard InChI is InChI=1S/C15H23N3/c1-11(2)14(10-18(4)5)17-15-12(3)7-6-8-13(15)9-16/h6-8,11,14,17H,10H2,1-5H3. The van der Waals surface area contributed by atoms with E-state index in [1.807, 2.05) is 25.1 Å². The van der Waals surface area contributed by atoms with Gasteiger partial charge in [0.15, 0.2) is 0 Å². The molecule has 18 heavy (non-hydrogen) atoms. The van der Waals surface area contributed by atoms with Crippen LogP contribution in [0, 0.1) is 24.2 Å². The monoisotopic (exact) mass is 245 g/mol. The Morgan fingerprint density at radius 2 is 2.00 bits per heavy atom. The summed E-state index contributed by atoms with van der Waals surface area (Å²) in [4.78, 5) is 2.17. The number of aryl methyl sites for hydroxylation is 1. The molecule has 0 spiro atoms. The van der Waals surface area contributed by atoms with E-state index in [0.29, 0.717) is 12.0 Å². The van der Waals surface area contributed by atoms with Crippen LogP contribution in [0.3, 0.4) is 0 Å². The zero-order valence-corrected chi connectivity index (χ0v) is 12.0. The Morgan fingerprint density at radius 3 is 2.50 bits per heavy atom. The van der Waals surface area contributed by atoms with Gasteiger partial charge < -0.3 is 10.2 Å². The van der Waals surface area contributed by atoms with Crippen molar-refractivity contribution in [3.63, 3.8) is 0 Å². The number of hydrogen-bond acceptors (Lipinski definition) is 3. The van der Waals surface area contributed by atoms with Gasteiger partial charge in [-0.15, -0.1) is 0 Å². The average Bonchev–Trinajstić information content (AvgIpc) is 2.29. The van der Waals surface area contributed by atoms with Gasteiger partial charge in [0, 0.05) is 12.6 Å². The predicted octanol–water partition coefficient (Wildman–Crippen LogP) is 2.86. The van der Waals surface area contributed by atoms with E-state index in [1.165, 1.54) is 0 Å². The van der Waals surface area contributed by atoms with Gasteiger partial charge in [-0.3, -0.25) is 0 Å². The van der Waals surface area contributed by atoms with Crippen molar-refractivity contribution in [3.05, 3.63) is 29.3 Å². The fourth-order valence-corrected chi connectivity index (χ4v) is 1.95. The lowest BCUT2D eigenvalue weighted by Gasteiger charge is -2.27. The van der Waals surface area contributed by atoms with E-state index in [0.717, 1.165) is 23.4 Å². The zero-order chi connectivity index (χ0) is 13.7. The Hall–Kier alpha value is -1.53. The van der Waals surface area contributed by atoms with Gasteiger partial charge in [-0.05, 0) is 38.6 Å². The van der Waals surface area contributed by atoms with Gasteiger partial charge in [0.05, 0.1) is 11.3 Å². The molecule has 98 valence electrons. The van der Waals surface area contributed by atoms with E-state index in [-0.39, 0.29) is 0 Å². The lowest BCUT2D eigenvalue weighted by molar-refractivity contribution is 0.344. The Morgan fingerprint density at radius 1 is 1.33 bits per heavy atom. The SMILES string of the molecule is Cc1cccc(C#N)c1NC(CN(C)C)C(C)C. The summed E-state index contributed by atoms with van der Waals surface area (Å²) >= 11 is 0. The van der Waals surface area contributed by atoms with E-state index in [2.05, 4.69) is 44.2 Å². The fraction of sp³-hybridized carbons (Fsp3) is 0.533. The molecule has 0 fully saturated rings. The minimum atomic E-state index is 0.341. The van der Waals surface area contributed by atoms with Crippen molar-refractivity contribution in [1.29, 1.82) is 5.26 Å². The fourth-order valence-electron chi connectivity index (χ4n) is 1.95. The third-order valence-electron chi connectivity index (χ3n) is 3.09. The summed E-state index contributed by atoms with van der Waals surface area (Å²) in [6.45, 7) is 7.39. The van der Waals surface area contributed by atoms with E-state index in [4.69, 9.17) is 0 Å². The van der Waals surface area contributed by atoms with Crippen molar-refractivity contribution >= 4 is 5.69 Å². The first-order chi connectivity index (χ1) is 8.45. The van der Waals surface area contributed by atoms with Crippen LogP contribution in [0.1, 0.15) is 25.0 Å². The molecule has 1 unspecified atom stereocenters. The Balaban J connectivity index is 2.97. The summed E-state index contributed by atoms with van der Waals surface area (Å²) in [5, 5.41) is 12.7. The summed E-state index contributed by atoms with van der Waals surface area (Å²) in [6, 6.07) is 8.43. The number of benzene rings is 1. The number of likely N-dealkylation sites (N-methyl/N-ethyl adjacent to an activating group) is 1. The van der Waals surface area contributed by atoms with Gasteiger partial charge >= 0.3 is 0 Å². The molecular formula is C15H23N3. The van der Waals surface area contributed by atoms with Crippen LogP contribution in [-0.4, -0.2) is 31.6 Å². The minimum Gasteiger partial charge on any atom is -0.379 e. The van der Waals surface area contributed by atoms with Crippen LogP contribution in [0.15, 0.2) is 18.2 Å². The Bertz CT molecular complexity index is 430. The molecule has 0 aromatic heterocycles. The molecule has 3 nitrogen and oxygen atoms in total. The van der Waals surface area contributed by atoms with Gasteiger partial charge in [0.25, 0.3) is 0 Å². The number of hydrogen-bond donors (Lipinski definition) is 1. The van der Waals surface area contributed by atoms with E-state index >= 15 is 0 Å². The minimum absolute atomic E-state index is 0.341. The van der Waals surface area contributed by atoms with Crippen LogP contribution < -0.4 is 5.32 Å². The zero-order valence-electron chi connectivity index (χ0n) is 12.0. The number of para-hydroxylation sites is 1. The molecule has 1 rings (SSSR count). The molecule has 0 heterocycles. The van der Waals surface area contributed by atoms with E-state index in [9.17, 15) is 5.26 Å². The highest BCUT2D eigenvalue weighted by Gasteiger charge is 2.16. The second-order valence-corrected chi connectivity index (χ2v) is 5.37. The molecule has 1 aromatic rings. The summed E-state index contributed by atoms with van der Waals surface area (Å²) in [6.07, 6.45) is 0. The largest absolute Gasteiger partial charge is 0.379 e. The maximum atomic E-state index is 9.18. The predicted molar refractivity (Wildman–Crippen MR) is 76.7 cm³/mol. The lowest BCUT2D eigenvalue weighted by atomic mass is 10.0. The number of anilines is 1. The number of nitrogens with one attached hydrogen (secondary N) is 1. The van der Waals surface area contributed by atoms with E-state index in [1.54, 1.807) is 0 Å². The van der Waals surface area contributed by atoms with Crippen LogP contribution in [0.4, 0.5) is 5.69 Å². The first-order valence-electron chi connectivity index (χ1n) is 6.36. The molecule has 0 aliphatic rings. The summed E-state index contributed by atoms with van der Waals surface area (Å²) in [5.74, 6) is 0.513. The Labute approximate surface area is 110 Å². The quantitative estimate of drug-likeness (QED) is 0.867. The lowest BCUT2D eigenvalue weighted by Crippen LogP contribution is -2.36. The van der Waals surface area contributed by atoms with Crippen molar-refractivity contribution in [2.45, 2.75) is 26.8 Å². The van der Waals surface area contributed by atoms with Crippen molar-refractivity contribution in [2.24, 2.45) is 5.92 Å². The van der Waals surface area contributed by atoms with Gasteiger partial charge in [-0.25, -0.2) is 0 Å². The van der Waals surface area contributed by atoms with Crippen LogP contribution in [0.5, 0.6) is 0 Å². The highest BCUT2D eigenvalue weighted by Crippen LogP contribution is 2.22. The molecular weight excluding hydrogens is 222 g/mol. The first kappa shape index (κ1) is 14.5. The van der Waals surface area contributed by atoms with Gasteiger partial charge in [0.2, 0.25) is 0 Å². The first-order valence-corrected chi connectivity index (χ1v) is 6.36. The van der Waals surface area contributed by atoms with Crippen molar-refractivity contribution in [2.75, 3.05) is 26.0 Å². The third kappa shape index (κ3) is 3.75. The molecule has 0 saturated heterocycles. The van der Waals surface area contributed by atoms with Crippen molar-refractivity contribution in [1.82, 2.24) is 4.90 Å². The molecule has 0 radical (unpaired) electrons. The molecule has 0 aliphatic carbocycles. The second kappa shape index (κ2) is 6.42. The maximum absolute atomic E-state index is 9.18. The maximum Gasteiger partial charge on any atom is 0.101 e. The van der Waals surface area contributed by atoms with Crippen molar-refractivity contribution < 1.29 is 0 Å². The van der Waals surface area contributed by atoms with Gasteiger partial charge in [-0.2, -0.15) is 5.26 Å². The van der Waals surface area contributed by atoms with Gasteiger partial charge in [0.1, 0.15) is 6.07 Å². The second-order valence-electron chi connectivity index (χ2n) is 5.37. The molecule has 0 amide bonds. The molecule has 1 aromatic carbocycles. The van der Waals surface area contributed by atoms with Crippen LogP contribution >= 0.6 is 0 Å². The highest BCUT2D eigenvalue weighted by molar-refractivity contribution is 5.62. The normalized spacial score (nSPS) is 12.6. The average molecular weight is 245 g/mol. The molecule has 3 heteroatoms. The summed E-state index contributed by atoms with van der Waals surface area (Å²) in [7, 11) is 4.14. The van der Waals surface area contributed by atoms with Gasteiger partial charge in [-0.1, -0.05) is 26.0 Å². The summed E-state index contributed by atoms with van der Waals surface area (Å²) < 4.78 is 0. The van der Waals surface area contributed by atoms with E-state index < -0.39 is 0 Å². The molecule has 0 saturated carbocycles. The summed E-state index contributed by atoms with van der Waals surface area (Å²) in [5.41, 5.74) is 2.82. The highest BCUT2D eigenvalue weighted by atomic mass is 15.1. The number of nitrogens with zero attached hydrogens (tertiary/aromatic N) is 2. The van der Waals surface area contributed by atoms with Crippen LogP contribution in [0.2, 0.25) is 0 Å². The number of rotatable bonds is 5. The molecule has 0 bridgehead atoms. The topological polar surface area (TPSA) is 39.1 Å². The smallest absolute Gasteiger partial charge is 0.101 e. The van der Waals surface area contributed by atoms with Crippen LogP contribution in [0.25, 0.3) is 0 Å². The number of nitriles is 1. The van der Waals surface area contributed by atoms with Crippen molar-refractivity contribution in [3.8, 4) is 6.07 Å². The third-order valence-corrected chi connectivity index (χ3v) is 3.09. The molecule has 1 N–H and O–H groups in total. The Kier molecular flexibility index (Phi) is 5.18. The molecule has 1 atom stereocenters.